The van der Waals surface area contributed by atoms with Crippen molar-refractivity contribution in [2.45, 2.75) is 65.7 Å². The van der Waals surface area contributed by atoms with Crippen LogP contribution in [0, 0.1) is 11.3 Å². The van der Waals surface area contributed by atoms with Crippen molar-refractivity contribution in [3.8, 4) is 0 Å². The quantitative estimate of drug-likeness (QED) is 0.774. The zero-order valence-corrected chi connectivity index (χ0v) is 14.4. The second-order valence-corrected chi connectivity index (χ2v) is 7.44. The van der Waals surface area contributed by atoms with E-state index in [0.29, 0.717) is 11.3 Å². The topological polar surface area (TPSA) is 23.6 Å². The summed E-state index contributed by atoms with van der Waals surface area (Å²) in [6.45, 7) is 12.6. The minimum Gasteiger partial charge on any atom is -0.343 e. The van der Waals surface area contributed by atoms with Crippen LogP contribution in [0.15, 0.2) is 0 Å². The molecular formula is C18H34N2O. The molecule has 2 heterocycles. The van der Waals surface area contributed by atoms with Crippen LogP contribution >= 0.6 is 0 Å². The van der Waals surface area contributed by atoms with E-state index in [2.05, 4.69) is 30.6 Å². The Hall–Kier alpha value is -0.570. The molecule has 2 rings (SSSR count). The van der Waals surface area contributed by atoms with Crippen molar-refractivity contribution in [2.24, 2.45) is 11.3 Å². The van der Waals surface area contributed by atoms with Crippen molar-refractivity contribution < 1.29 is 4.79 Å². The molecule has 1 amide bonds. The summed E-state index contributed by atoms with van der Waals surface area (Å²) >= 11 is 0. The Morgan fingerprint density at radius 3 is 2.14 bits per heavy atom. The molecule has 2 fully saturated rings. The monoisotopic (exact) mass is 294 g/mol. The zero-order valence-electron chi connectivity index (χ0n) is 14.4. The van der Waals surface area contributed by atoms with Crippen LogP contribution in [0.1, 0.15) is 65.7 Å². The van der Waals surface area contributed by atoms with Crippen LogP contribution < -0.4 is 0 Å². The predicted octanol–water partition coefficient (Wildman–Crippen LogP) is 3.54. The van der Waals surface area contributed by atoms with Crippen molar-refractivity contribution >= 4 is 5.91 Å². The Morgan fingerprint density at radius 1 is 1.05 bits per heavy atom. The van der Waals surface area contributed by atoms with Gasteiger partial charge in [0.05, 0.1) is 0 Å². The van der Waals surface area contributed by atoms with Gasteiger partial charge in [-0.3, -0.25) is 4.79 Å². The smallest absolute Gasteiger partial charge is 0.222 e. The van der Waals surface area contributed by atoms with Gasteiger partial charge in [-0.05, 0) is 56.5 Å². The molecule has 3 nitrogen and oxygen atoms in total. The van der Waals surface area contributed by atoms with Gasteiger partial charge in [0.25, 0.3) is 0 Å². The van der Waals surface area contributed by atoms with Crippen LogP contribution in [-0.2, 0) is 4.79 Å². The highest BCUT2D eigenvalue weighted by Crippen LogP contribution is 2.41. The molecule has 2 saturated heterocycles. The third kappa shape index (κ3) is 4.45. The van der Waals surface area contributed by atoms with Crippen LogP contribution in [0.5, 0.6) is 0 Å². The molecule has 0 aromatic rings. The molecule has 0 aliphatic carbocycles. The normalized spacial score (nSPS) is 24.2. The second-order valence-electron chi connectivity index (χ2n) is 7.44. The van der Waals surface area contributed by atoms with E-state index in [0.717, 1.165) is 31.8 Å². The number of likely N-dealkylation sites (tertiary alicyclic amines) is 2. The standard InChI is InChI=1S/C18H34N2O/c1-4-6-17(21)20-13-9-18(10-14-20)7-11-19(12-8-18)15-16(3)5-2/h16H,4-15H2,1-3H3. The first-order chi connectivity index (χ1) is 10.1. The third-order valence-corrected chi connectivity index (χ3v) is 5.82. The van der Waals surface area contributed by atoms with Gasteiger partial charge >= 0.3 is 0 Å². The van der Waals surface area contributed by atoms with Crippen LogP contribution in [-0.4, -0.2) is 48.4 Å². The predicted molar refractivity (Wildman–Crippen MR) is 88.3 cm³/mol. The summed E-state index contributed by atoms with van der Waals surface area (Å²) < 4.78 is 0. The molecule has 0 bridgehead atoms. The van der Waals surface area contributed by atoms with E-state index in [-0.39, 0.29) is 0 Å². The number of hydrogen-bond acceptors (Lipinski definition) is 2. The molecular weight excluding hydrogens is 260 g/mol. The Balaban J connectivity index is 1.76. The van der Waals surface area contributed by atoms with Gasteiger partial charge in [-0.1, -0.05) is 27.2 Å². The summed E-state index contributed by atoms with van der Waals surface area (Å²) in [5.41, 5.74) is 0.551. The van der Waals surface area contributed by atoms with Gasteiger partial charge in [0, 0.05) is 26.1 Å². The number of amides is 1. The fourth-order valence-corrected chi connectivity index (χ4v) is 3.88. The maximum atomic E-state index is 12.0. The highest BCUT2D eigenvalue weighted by Gasteiger charge is 2.38. The average molecular weight is 294 g/mol. The minimum absolute atomic E-state index is 0.376. The van der Waals surface area contributed by atoms with Gasteiger partial charge < -0.3 is 9.80 Å². The molecule has 21 heavy (non-hydrogen) atoms. The molecule has 122 valence electrons. The van der Waals surface area contributed by atoms with Gasteiger partial charge in [-0.15, -0.1) is 0 Å². The Morgan fingerprint density at radius 2 is 1.62 bits per heavy atom. The lowest BCUT2D eigenvalue weighted by Gasteiger charge is -2.47. The number of carbonyl (C=O) groups excluding carboxylic acids is 1. The maximum absolute atomic E-state index is 12.0. The fourth-order valence-electron chi connectivity index (χ4n) is 3.88. The molecule has 0 radical (unpaired) electrons. The first kappa shape index (κ1) is 16.8. The summed E-state index contributed by atoms with van der Waals surface area (Å²) in [5, 5.41) is 0. The average Bonchev–Trinajstić information content (AvgIpc) is 2.50. The molecule has 1 atom stereocenters. The zero-order chi connectivity index (χ0) is 15.3. The first-order valence-corrected chi connectivity index (χ1v) is 9.08. The second kappa shape index (κ2) is 7.62. The van der Waals surface area contributed by atoms with Gasteiger partial charge in [0.1, 0.15) is 0 Å². The minimum atomic E-state index is 0.376. The molecule has 1 unspecified atom stereocenters. The van der Waals surface area contributed by atoms with Crippen molar-refractivity contribution in [3.63, 3.8) is 0 Å². The number of rotatable bonds is 5. The highest BCUT2D eigenvalue weighted by molar-refractivity contribution is 5.76. The van der Waals surface area contributed by atoms with E-state index in [9.17, 15) is 4.79 Å². The molecule has 0 aromatic carbocycles. The van der Waals surface area contributed by atoms with Crippen LogP contribution in [0.4, 0.5) is 0 Å². The van der Waals surface area contributed by atoms with Gasteiger partial charge in [-0.25, -0.2) is 0 Å². The third-order valence-electron chi connectivity index (χ3n) is 5.82. The summed E-state index contributed by atoms with van der Waals surface area (Å²) in [6.07, 6.45) is 8.16. The van der Waals surface area contributed by atoms with E-state index in [1.807, 2.05) is 0 Å². The number of nitrogens with zero attached hydrogens (tertiary/aromatic N) is 2. The van der Waals surface area contributed by atoms with E-state index in [1.165, 1.54) is 51.7 Å². The maximum Gasteiger partial charge on any atom is 0.222 e. The number of carbonyl (C=O) groups is 1. The SMILES string of the molecule is CCCC(=O)N1CCC2(CCN(CC(C)CC)CC2)CC1. The molecule has 3 heteroatoms. The van der Waals surface area contributed by atoms with Gasteiger partial charge in [-0.2, -0.15) is 0 Å². The molecule has 2 aliphatic heterocycles. The lowest BCUT2D eigenvalue weighted by Crippen LogP contribution is -2.48. The van der Waals surface area contributed by atoms with E-state index < -0.39 is 0 Å². The lowest BCUT2D eigenvalue weighted by atomic mass is 9.71. The van der Waals surface area contributed by atoms with Crippen molar-refractivity contribution in [1.82, 2.24) is 9.80 Å². The Kier molecular flexibility index (Phi) is 6.09. The summed E-state index contributed by atoms with van der Waals surface area (Å²) in [7, 11) is 0. The highest BCUT2D eigenvalue weighted by atomic mass is 16.2. The first-order valence-electron chi connectivity index (χ1n) is 9.08. The molecule has 1 spiro atoms. The van der Waals surface area contributed by atoms with Gasteiger partial charge in [0.15, 0.2) is 0 Å². The largest absolute Gasteiger partial charge is 0.343 e. The van der Waals surface area contributed by atoms with E-state index in [4.69, 9.17) is 0 Å². The van der Waals surface area contributed by atoms with Crippen LogP contribution in [0.3, 0.4) is 0 Å². The van der Waals surface area contributed by atoms with E-state index >= 15 is 0 Å². The molecule has 0 aromatic heterocycles. The molecule has 0 N–H and O–H groups in total. The van der Waals surface area contributed by atoms with Crippen LogP contribution in [0.25, 0.3) is 0 Å². The lowest BCUT2D eigenvalue weighted by molar-refractivity contribution is -0.134. The summed E-state index contributed by atoms with van der Waals surface area (Å²) in [5.74, 6) is 1.20. The van der Waals surface area contributed by atoms with Gasteiger partial charge in [0.2, 0.25) is 5.91 Å². The van der Waals surface area contributed by atoms with Crippen LogP contribution in [0.2, 0.25) is 0 Å². The number of piperidine rings is 2. The Labute approximate surface area is 131 Å². The molecule has 0 saturated carbocycles. The summed E-state index contributed by atoms with van der Waals surface area (Å²) in [6, 6.07) is 0. The fraction of sp³-hybridized carbons (Fsp3) is 0.944. The van der Waals surface area contributed by atoms with E-state index in [1.54, 1.807) is 0 Å². The Bertz CT molecular complexity index is 324. The molecule has 2 aliphatic rings. The van der Waals surface area contributed by atoms with Crippen molar-refractivity contribution in [3.05, 3.63) is 0 Å². The number of hydrogen-bond donors (Lipinski definition) is 0. The summed E-state index contributed by atoms with van der Waals surface area (Å²) in [4.78, 5) is 16.8. The van der Waals surface area contributed by atoms with Crippen molar-refractivity contribution in [2.75, 3.05) is 32.7 Å². The van der Waals surface area contributed by atoms with Crippen molar-refractivity contribution in [1.29, 1.82) is 0 Å².